The Morgan fingerprint density at radius 2 is 1.95 bits per heavy atom. The van der Waals surface area contributed by atoms with Crippen LogP contribution in [0.5, 0.6) is 0 Å². The van der Waals surface area contributed by atoms with Crippen LogP contribution in [-0.4, -0.2) is 32.0 Å². The predicted octanol–water partition coefficient (Wildman–Crippen LogP) is 1.92. The second-order valence-electron chi connectivity index (χ2n) is 6.02. The molecule has 0 radical (unpaired) electrons. The summed E-state index contributed by atoms with van der Waals surface area (Å²) in [4.78, 5) is 3.08. The number of rotatable bonds is 3. The van der Waals surface area contributed by atoms with E-state index in [0.29, 0.717) is 23.4 Å². The van der Waals surface area contributed by atoms with E-state index in [9.17, 15) is 21.6 Å². The molecule has 2 heterocycles. The number of hydrogen-bond donors (Lipinski definition) is 1. The summed E-state index contributed by atoms with van der Waals surface area (Å²) in [7, 11) is -5.30. The van der Waals surface area contributed by atoms with Gasteiger partial charge in [-0.1, -0.05) is 0 Å². The topological polar surface area (TPSA) is 59.1 Å². The SMILES string of the molecule is O=S(=O)(c1ccc(CC2CC3(CNC3)C2)nc1)C(F)(F)F. The van der Waals surface area contributed by atoms with E-state index in [1.165, 1.54) is 6.07 Å². The third-order valence-corrected chi connectivity index (χ3v) is 5.83. The Bertz CT molecular complexity index is 628. The number of aromatic nitrogens is 1. The lowest BCUT2D eigenvalue weighted by Gasteiger charge is -2.54. The van der Waals surface area contributed by atoms with Gasteiger partial charge in [-0.25, -0.2) is 8.42 Å². The fraction of sp³-hybridized carbons (Fsp3) is 0.615. The van der Waals surface area contributed by atoms with Crippen LogP contribution in [0.15, 0.2) is 23.2 Å². The summed E-state index contributed by atoms with van der Waals surface area (Å²) in [6.07, 6.45) is 3.69. The first-order valence-corrected chi connectivity index (χ1v) is 8.17. The number of nitrogens with zero attached hydrogens (tertiary/aromatic N) is 1. The van der Waals surface area contributed by atoms with Crippen molar-refractivity contribution in [1.29, 1.82) is 0 Å². The van der Waals surface area contributed by atoms with Gasteiger partial charge in [0.25, 0.3) is 9.84 Å². The van der Waals surface area contributed by atoms with Crippen LogP contribution in [-0.2, 0) is 16.3 Å². The Morgan fingerprint density at radius 3 is 2.38 bits per heavy atom. The molecular formula is C13H15F3N2O2S. The summed E-state index contributed by atoms with van der Waals surface area (Å²) in [6, 6.07) is 2.37. The second-order valence-corrected chi connectivity index (χ2v) is 7.96. The molecule has 1 spiro atoms. The molecule has 4 nitrogen and oxygen atoms in total. The zero-order valence-electron chi connectivity index (χ0n) is 11.2. The Morgan fingerprint density at radius 1 is 1.29 bits per heavy atom. The first-order valence-electron chi connectivity index (χ1n) is 6.69. The predicted molar refractivity (Wildman–Crippen MR) is 69.2 cm³/mol. The molecule has 1 N–H and O–H groups in total. The van der Waals surface area contributed by atoms with Crippen LogP contribution in [0.3, 0.4) is 0 Å². The van der Waals surface area contributed by atoms with Crippen LogP contribution in [0, 0.1) is 11.3 Å². The van der Waals surface area contributed by atoms with Crippen LogP contribution >= 0.6 is 0 Å². The summed E-state index contributed by atoms with van der Waals surface area (Å²) in [6.45, 7) is 2.08. The highest BCUT2D eigenvalue weighted by molar-refractivity contribution is 7.92. The lowest BCUT2D eigenvalue weighted by atomic mass is 9.57. The highest BCUT2D eigenvalue weighted by Crippen LogP contribution is 2.49. The molecule has 3 rings (SSSR count). The zero-order chi connectivity index (χ0) is 15.3. The van der Waals surface area contributed by atoms with Gasteiger partial charge in [0.2, 0.25) is 0 Å². The molecule has 2 aliphatic rings. The third kappa shape index (κ3) is 2.55. The van der Waals surface area contributed by atoms with Crippen LogP contribution in [0.25, 0.3) is 0 Å². The van der Waals surface area contributed by atoms with E-state index < -0.39 is 20.2 Å². The van der Waals surface area contributed by atoms with Gasteiger partial charge in [-0.05, 0) is 42.7 Å². The minimum absolute atomic E-state index is 0.435. The summed E-state index contributed by atoms with van der Waals surface area (Å²) >= 11 is 0. The zero-order valence-corrected chi connectivity index (χ0v) is 12.0. The van der Waals surface area contributed by atoms with Crippen molar-refractivity contribution in [2.24, 2.45) is 11.3 Å². The molecule has 8 heteroatoms. The van der Waals surface area contributed by atoms with E-state index >= 15 is 0 Å². The van der Waals surface area contributed by atoms with Crippen molar-refractivity contribution in [2.45, 2.75) is 29.7 Å². The summed E-state index contributed by atoms with van der Waals surface area (Å²) < 4.78 is 59.6. The van der Waals surface area contributed by atoms with E-state index in [1.807, 2.05) is 0 Å². The molecule has 0 atom stereocenters. The van der Waals surface area contributed by atoms with E-state index in [1.54, 1.807) is 0 Å². The molecule has 1 aliphatic carbocycles. The van der Waals surface area contributed by atoms with Crippen molar-refractivity contribution in [3.8, 4) is 0 Å². The van der Waals surface area contributed by atoms with Gasteiger partial charge >= 0.3 is 5.51 Å². The first-order chi connectivity index (χ1) is 9.72. The van der Waals surface area contributed by atoms with Crippen molar-refractivity contribution in [3.05, 3.63) is 24.0 Å². The molecule has 0 bridgehead atoms. The van der Waals surface area contributed by atoms with Gasteiger partial charge in [0.1, 0.15) is 0 Å². The molecule has 1 aromatic rings. The van der Waals surface area contributed by atoms with E-state index in [-0.39, 0.29) is 0 Å². The first kappa shape index (κ1) is 14.8. The molecule has 1 saturated carbocycles. The molecular weight excluding hydrogens is 305 g/mol. The highest BCUT2D eigenvalue weighted by atomic mass is 32.2. The molecule has 1 aliphatic heterocycles. The minimum atomic E-state index is -5.30. The van der Waals surface area contributed by atoms with Gasteiger partial charge < -0.3 is 5.32 Å². The fourth-order valence-electron chi connectivity index (χ4n) is 3.20. The minimum Gasteiger partial charge on any atom is -0.316 e. The summed E-state index contributed by atoms with van der Waals surface area (Å²) in [5.74, 6) is 0.490. The van der Waals surface area contributed by atoms with Gasteiger partial charge in [-0.3, -0.25) is 4.98 Å². The monoisotopic (exact) mass is 320 g/mol. The Balaban J connectivity index is 1.65. The average Bonchev–Trinajstić information content (AvgIpc) is 2.30. The molecule has 21 heavy (non-hydrogen) atoms. The van der Waals surface area contributed by atoms with Crippen molar-refractivity contribution in [2.75, 3.05) is 13.1 Å². The van der Waals surface area contributed by atoms with Gasteiger partial charge in [0, 0.05) is 25.0 Å². The lowest BCUT2D eigenvalue weighted by molar-refractivity contribution is -0.0436. The van der Waals surface area contributed by atoms with E-state index in [2.05, 4.69) is 10.3 Å². The van der Waals surface area contributed by atoms with E-state index in [0.717, 1.165) is 38.2 Å². The number of nitrogens with one attached hydrogen (secondary N) is 1. The molecule has 116 valence electrons. The van der Waals surface area contributed by atoms with Gasteiger partial charge in [0.05, 0.1) is 4.90 Å². The van der Waals surface area contributed by atoms with Gasteiger partial charge in [-0.2, -0.15) is 13.2 Å². The summed E-state index contributed by atoms with van der Waals surface area (Å²) in [5.41, 5.74) is -4.21. The highest BCUT2D eigenvalue weighted by Gasteiger charge is 2.48. The third-order valence-electron chi connectivity index (χ3n) is 4.35. The largest absolute Gasteiger partial charge is 0.501 e. The van der Waals surface area contributed by atoms with Crippen LogP contribution in [0.2, 0.25) is 0 Å². The van der Waals surface area contributed by atoms with Crippen LogP contribution in [0.1, 0.15) is 18.5 Å². The second kappa shape index (κ2) is 4.67. The number of pyridine rings is 1. The van der Waals surface area contributed by atoms with E-state index in [4.69, 9.17) is 0 Å². The quantitative estimate of drug-likeness (QED) is 0.924. The maximum atomic E-state index is 12.4. The molecule has 2 fully saturated rings. The molecule has 1 saturated heterocycles. The molecule has 1 aromatic heterocycles. The lowest BCUT2D eigenvalue weighted by Crippen LogP contribution is -2.60. The summed E-state index contributed by atoms with van der Waals surface area (Å²) in [5, 5.41) is 3.24. The van der Waals surface area contributed by atoms with Crippen molar-refractivity contribution in [3.63, 3.8) is 0 Å². The average molecular weight is 320 g/mol. The molecule has 0 aromatic carbocycles. The standard InChI is InChI=1S/C13H15F3N2O2S/c14-13(15,16)21(19,20)11-2-1-10(18-6-11)3-9-4-12(5-9)7-17-8-12/h1-2,6,9,17H,3-5,7-8H2. The van der Waals surface area contributed by atoms with Crippen molar-refractivity contribution >= 4 is 9.84 Å². The maximum Gasteiger partial charge on any atom is 0.501 e. The number of alkyl halides is 3. The normalized spacial score (nSPS) is 21.9. The van der Waals surface area contributed by atoms with Crippen LogP contribution < -0.4 is 5.32 Å². The number of hydrogen-bond acceptors (Lipinski definition) is 4. The number of halogens is 3. The Labute approximate surface area is 120 Å². The smallest absolute Gasteiger partial charge is 0.316 e. The molecule has 0 amide bonds. The fourth-order valence-corrected chi connectivity index (χ4v) is 3.90. The Kier molecular flexibility index (Phi) is 3.29. The molecule has 0 unspecified atom stereocenters. The van der Waals surface area contributed by atoms with Gasteiger partial charge in [-0.15, -0.1) is 0 Å². The van der Waals surface area contributed by atoms with Crippen molar-refractivity contribution < 1.29 is 21.6 Å². The maximum absolute atomic E-state index is 12.4. The van der Waals surface area contributed by atoms with Gasteiger partial charge in [0.15, 0.2) is 0 Å². The number of sulfone groups is 1. The van der Waals surface area contributed by atoms with Crippen molar-refractivity contribution in [1.82, 2.24) is 10.3 Å². The van der Waals surface area contributed by atoms with Crippen LogP contribution in [0.4, 0.5) is 13.2 Å². The Hall–Kier alpha value is -1.15.